The molecule has 1 aromatic rings. The number of likely N-dealkylation sites (tertiary alicyclic amines) is 1. The molecule has 3 nitrogen and oxygen atoms in total. The van der Waals surface area contributed by atoms with Crippen LogP contribution >= 0.6 is 0 Å². The van der Waals surface area contributed by atoms with E-state index in [1.807, 2.05) is 18.2 Å². The zero-order valence-electron chi connectivity index (χ0n) is 11.9. The lowest BCUT2D eigenvalue weighted by atomic mass is 9.92. The summed E-state index contributed by atoms with van der Waals surface area (Å²) >= 11 is 0. The topological polar surface area (TPSA) is 39.1 Å². The van der Waals surface area contributed by atoms with E-state index in [1.54, 1.807) is 0 Å². The molecule has 0 radical (unpaired) electrons. The molecule has 1 aromatic carbocycles. The molecular weight excluding hydrogens is 234 g/mol. The molecule has 19 heavy (non-hydrogen) atoms. The van der Waals surface area contributed by atoms with Crippen LogP contribution in [-0.2, 0) is 0 Å². The summed E-state index contributed by atoms with van der Waals surface area (Å²) in [5, 5.41) is 12.6. The largest absolute Gasteiger partial charge is 0.316 e. The van der Waals surface area contributed by atoms with Gasteiger partial charge in [-0.2, -0.15) is 5.26 Å². The summed E-state index contributed by atoms with van der Waals surface area (Å²) in [6.45, 7) is 5.49. The minimum atomic E-state index is 0.442. The highest BCUT2D eigenvalue weighted by molar-refractivity contribution is 5.34. The molecule has 0 aliphatic carbocycles. The number of hydrogen-bond acceptors (Lipinski definition) is 3. The maximum atomic E-state index is 9.03. The van der Waals surface area contributed by atoms with Gasteiger partial charge in [-0.1, -0.05) is 19.1 Å². The Labute approximate surface area is 116 Å². The highest BCUT2D eigenvalue weighted by Gasteiger charge is 2.32. The van der Waals surface area contributed by atoms with Gasteiger partial charge in [-0.25, -0.2) is 0 Å². The highest BCUT2D eigenvalue weighted by Crippen LogP contribution is 2.35. The monoisotopic (exact) mass is 257 g/mol. The SMILES string of the molecule is CCCNCC1CCN(C)C1c1cccc(C#N)c1. The van der Waals surface area contributed by atoms with E-state index >= 15 is 0 Å². The van der Waals surface area contributed by atoms with Gasteiger partial charge in [-0.15, -0.1) is 0 Å². The van der Waals surface area contributed by atoms with Gasteiger partial charge in [0.05, 0.1) is 11.6 Å². The van der Waals surface area contributed by atoms with Gasteiger partial charge in [0.2, 0.25) is 0 Å². The Bertz CT molecular complexity index is 450. The van der Waals surface area contributed by atoms with Gasteiger partial charge in [-0.05, 0) is 63.1 Å². The van der Waals surface area contributed by atoms with Gasteiger partial charge in [-0.3, -0.25) is 4.90 Å². The Morgan fingerprint density at radius 1 is 1.47 bits per heavy atom. The van der Waals surface area contributed by atoms with Crippen molar-refractivity contribution in [1.82, 2.24) is 10.2 Å². The lowest BCUT2D eigenvalue weighted by Crippen LogP contribution is -2.29. The third kappa shape index (κ3) is 3.34. The molecule has 0 aromatic heterocycles. The lowest BCUT2D eigenvalue weighted by molar-refractivity contribution is 0.272. The fourth-order valence-electron chi connectivity index (χ4n) is 3.02. The Morgan fingerprint density at radius 2 is 2.32 bits per heavy atom. The van der Waals surface area contributed by atoms with E-state index < -0.39 is 0 Å². The van der Waals surface area contributed by atoms with E-state index in [2.05, 4.69) is 36.3 Å². The Hall–Kier alpha value is -1.37. The van der Waals surface area contributed by atoms with Crippen LogP contribution in [0, 0.1) is 17.2 Å². The molecule has 3 heteroatoms. The van der Waals surface area contributed by atoms with E-state index in [-0.39, 0.29) is 0 Å². The number of benzene rings is 1. The van der Waals surface area contributed by atoms with Crippen molar-refractivity contribution in [2.45, 2.75) is 25.8 Å². The van der Waals surface area contributed by atoms with Crippen molar-refractivity contribution in [3.05, 3.63) is 35.4 Å². The smallest absolute Gasteiger partial charge is 0.0991 e. The fraction of sp³-hybridized carbons (Fsp3) is 0.562. The minimum absolute atomic E-state index is 0.442. The predicted molar refractivity (Wildman–Crippen MR) is 77.8 cm³/mol. The van der Waals surface area contributed by atoms with E-state index in [0.717, 1.165) is 25.2 Å². The third-order valence-electron chi connectivity index (χ3n) is 3.96. The van der Waals surface area contributed by atoms with Gasteiger partial charge < -0.3 is 5.32 Å². The summed E-state index contributed by atoms with van der Waals surface area (Å²) in [6, 6.07) is 10.7. The first-order chi connectivity index (χ1) is 9.26. The zero-order valence-corrected chi connectivity index (χ0v) is 11.9. The molecule has 0 spiro atoms. The van der Waals surface area contributed by atoms with E-state index in [0.29, 0.717) is 12.0 Å². The molecule has 1 heterocycles. The second kappa shape index (κ2) is 6.70. The van der Waals surface area contributed by atoms with Crippen LogP contribution in [-0.4, -0.2) is 31.6 Å². The molecule has 0 amide bonds. The van der Waals surface area contributed by atoms with Crippen molar-refractivity contribution in [2.75, 3.05) is 26.7 Å². The number of rotatable bonds is 5. The third-order valence-corrected chi connectivity index (χ3v) is 3.96. The van der Waals surface area contributed by atoms with E-state index in [9.17, 15) is 0 Å². The molecule has 0 bridgehead atoms. The minimum Gasteiger partial charge on any atom is -0.316 e. The van der Waals surface area contributed by atoms with E-state index in [1.165, 1.54) is 18.4 Å². The maximum Gasteiger partial charge on any atom is 0.0991 e. The normalized spacial score (nSPS) is 23.4. The average molecular weight is 257 g/mol. The summed E-state index contributed by atoms with van der Waals surface area (Å²) < 4.78 is 0. The molecule has 1 N–H and O–H groups in total. The van der Waals surface area contributed by atoms with Crippen LogP contribution in [0.3, 0.4) is 0 Å². The number of nitrogens with one attached hydrogen (secondary N) is 1. The van der Waals surface area contributed by atoms with Crippen LogP contribution < -0.4 is 5.32 Å². The highest BCUT2D eigenvalue weighted by atomic mass is 15.2. The molecular formula is C16H23N3. The van der Waals surface area contributed by atoms with Crippen LogP contribution in [0.1, 0.15) is 36.9 Å². The Morgan fingerprint density at radius 3 is 3.05 bits per heavy atom. The Kier molecular flexibility index (Phi) is 4.95. The van der Waals surface area contributed by atoms with Crippen molar-refractivity contribution < 1.29 is 0 Å². The summed E-state index contributed by atoms with van der Waals surface area (Å²) in [5.41, 5.74) is 2.04. The molecule has 1 aliphatic rings. The van der Waals surface area contributed by atoms with Gasteiger partial charge in [0, 0.05) is 6.04 Å². The molecule has 102 valence electrons. The second-order valence-electron chi connectivity index (χ2n) is 5.42. The van der Waals surface area contributed by atoms with Crippen LogP contribution in [0.15, 0.2) is 24.3 Å². The first kappa shape index (κ1) is 14.0. The van der Waals surface area contributed by atoms with Crippen molar-refractivity contribution in [2.24, 2.45) is 5.92 Å². The van der Waals surface area contributed by atoms with Gasteiger partial charge >= 0.3 is 0 Å². The van der Waals surface area contributed by atoms with Gasteiger partial charge in [0.25, 0.3) is 0 Å². The Balaban J connectivity index is 2.12. The first-order valence-corrected chi connectivity index (χ1v) is 7.17. The lowest BCUT2D eigenvalue weighted by Gasteiger charge is -2.26. The maximum absolute atomic E-state index is 9.03. The van der Waals surface area contributed by atoms with Crippen LogP contribution in [0.5, 0.6) is 0 Å². The molecule has 1 saturated heterocycles. The molecule has 1 fully saturated rings. The van der Waals surface area contributed by atoms with Crippen LogP contribution in [0.4, 0.5) is 0 Å². The fourth-order valence-corrected chi connectivity index (χ4v) is 3.02. The summed E-state index contributed by atoms with van der Waals surface area (Å²) in [7, 11) is 2.18. The quantitative estimate of drug-likeness (QED) is 0.824. The predicted octanol–water partition coefficient (Wildman–Crippen LogP) is 2.55. The molecule has 0 saturated carbocycles. The van der Waals surface area contributed by atoms with Crippen molar-refractivity contribution in [1.29, 1.82) is 5.26 Å². The van der Waals surface area contributed by atoms with Gasteiger partial charge in [0.1, 0.15) is 0 Å². The molecule has 2 atom stereocenters. The van der Waals surface area contributed by atoms with E-state index in [4.69, 9.17) is 5.26 Å². The number of hydrogen-bond donors (Lipinski definition) is 1. The number of nitriles is 1. The van der Waals surface area contributed by atoms with Crippen molar-refractivity contribution >= 4 is 0 Å². The van der Waals surface area contributed by atoms with Crippen LogP contribution in [0.25, 0.3) is 0 Å². The average Bonchev–Trinajstić information content (AvgIpc) is 2.80. The van der Waals surface area contributed by atoms with Crippen molar-refractivity contribution in [3.8, 4) is 6.07 Å². The standard InChI is InChI=1S/C16H23N3/c1-3-8-18-12-15-7-9-19(2)16(15)14-6-4-5-13(10-14)11-17/h4-6,10,15-16,18H,3,7-9,12H2,1-2H3. The zero-order chi connectivity index (χ0) is 13.7. The van der Waals surface area contributed by atoms with Gasteiger partial charge in [0.15, 0.2) is 0 Å². The summed E-state index contributed by atoms with van der Waals surface area (Å²) in [5.74, 6) is 0.644. The summed E-state index contributed by atoms with van der Waals surface area (Å²) in [4.78, 5) is 2.41. The summed E-state index contributed by atoms with van der Waals surface area (Å²) in [6.07, 6.45) is 2.41. The first-order valence-electron chi connectivity index (χ1n) is 7.17. The van der Waals surface area contributed by atoms with Crippen LogP contribution in [0.2, 0.25) is 0 Å². The second-order valence-corrected chi connectivity index (χ2v) is 5.42. The molecule has 1 aliphatic heterocycles. The molecule has 2 unspecified atom stereocenters. The molecule has 2 rings (SSSR count). The van der Waals surface area contributed by atoms with Crippen molar-refractivity contribution in [3.63, 3.8) is 0 Å². The number of nitrogens with zero attached hydrogens (tertiary/aromatic N) is 2.